The Morgan fingerprint density at radius 2 is 2.19 bits per heavy atom. The van der Waals surface area contributed by atoms with Crippen molar-refractivity contribution in [3.05, 3.63) is 29.6 Å². The van der Waals surface area contributed by atoms with Gasteiger partial charge in [0.25, 0.3) is 0 Å². The van der Waals surface area contributed by atoms with E-state index in [-0.39, 0.29) is 11.0 Å². The second-order valence-electron chi connectivity index (χ2n) is 4.36. The molecule has 0 saturated carbocycles. The van der Waals surface area contributed by atoms with E-state index in [0.29, 0.717) is 18.1 Å². The quantitative estimate of drug-likeness (QED) is 0.819. The highest BCUT2D eigenvalue weighted by atomic mass is 32.1. The lowest BCUT2D eigenvalue weighted by atomic mass is 9.98. The molecule has 0 N–H and O–H groups in total. The number of thiol groups is 1. The summed E-state index contributed by atoms with van der Waals surface area (Å²) in [4.78, 5) is 0. The number of rotatable bonds is 4. The molecule has 16 heavy (non-hydrogen) atoms. The molecule has 0 saturated heterocycles. The van der Waals surface area contributed by atoms with Crippen molar-refractivity contribution < 1.29 is 9.13 Å². The van der Waals surface area contributed by atoms with Crippen LogP contribution >= 0.6 is 12.6 Å². The van der Waals surface area contributed by atoms with Crippen LogP contribution in [0.4, 0.5) is 4.39 Å². The standard InChI is InChI=1S/C12H14FNOS/c1-12(2,8-16)7-15-10-4-3-9(6-14)11(13)5-10/h3-5,16H,7-8H2,1-2H3. The maximum atomic E-state index is 13.2. The third-order valence-corrected chi connectivity index (χ3v) is 2.97. The average Bonchev–Trinajstić information content (AvgIpc) is 2.27. The lowest BCUT2D eigenvalue weighted by Gasteiger charge is -2.22. The molecule has 0 spiro atoms. The van der Waals surface area contributed by atoms with E-state index in [4.69, 9.17) is 10.00 Å². The SMILES string of the molecule is CC(C)(CS)COc1ccc(C#N)c(F)c1. The van der Waals surface area contributed by atoms with Crippen LogP contribution in [-0.4, -0.2) is 12.4 Å². The first kappa shape index (κ1) is 12.9. The van der Waals surface area contributed by atoms with Gasteiger partial charge in [-0.2, -0.15) is 17.9 Å². The Balaban J connectivity index is 2.70. The van der Waals surface area contributed by atoms with Crippen molar-refractivity contribution in [2.24, 2.45) is 5.41 Å². The van der Waals surface area contributed by atoms with Gasteiger partial charge < -0.3 is 4.74 Å². The summed E-state index contributed by atoms with van der Waals surface area (Å²) >= 11 is 4.20. The van der Waals surface area contributed by atoms with Gasteiger partial charge in [-0.1, -0.05) is 13.8 Å². The Kier molecular flexibility index (Phi) is 4.19. The highest BCUT2D eigenvalue weighted by molar-refractivity contribution is 7.80. The molecule has 0 aliphatic rings. The van der Waals surface area contributed by atoms with Crippen LogP contribution in [0.2, 0.25) is 0 Å². The summed E-state index contributed by atoms with van der Waals surface area (Å²) < 4.78 is 18.7. The Bertz CT molecular complexity index is 412. The van der Waals surface area contributed by atoms with Crippen molar-refractivity contribution in [2.45, 2.75) is 13.8 Å². The van der Waals surface area contributed by atoms with Gasteiger partial charge in [-0.3, -0.25) is 0 Å². The number of nitrogens with zero attached hydrogens (tertiary/aromatic N) is 1. The number of halogens is 1. The number of hydrogen-bond acceptors (Lipinski definition) is 3. The molecule has 0 bridgehead atoms. The van der Waals surface area contributed by atoms with E-state index in [1.807, 2.05) is 13.8 Å². The van der Waals surface area contributed by atoms with Crippen LogP contribution in [0.15, 0.2) is 18.2 Å². The fourth-order valence-electron chi connectivity index (χ4n) is 1.00. The molecule has 0 aliphatic heterocycles. The van der Waals surface area contributed by atoms with Gasteiger partial charge in [0.1, 0.15) is 17.6 Å². The maximum Gasteiger partial charge on any atom is 0.144 e. The predicted octanol–water partition coefficient (Wildman–Crippen LogP) is 3.03. The van der Waals surface area contributed by atoms with Crippen LogP contribution in [0.5, 0.6) is 5.75 Å². The minimum absolute atomic E-state index is 0.0285. The molecule has 86 valence electrons. The molecule has 0 amide bonds. The van der Waals surface area contributed by atoms with Crippen LogP contribution < -0.4 is 4.74 Å². The van der Waals surface area contributed by atoms with Gasteiger partial charge >= 0.3 is 0 Å². The molecular weight excluding hydrogens is 225 g/mol. The molecule has 1 aromatic carbocycles. The summed E-state index contributed by atoms with van der Waals surface area (Å²) in [7, 11) is 0. The lowest BCUT2D eigenvalue weighted by molar-refractivity contribution is 0.201. The second-order valence-corrected chi connectivity index (χ2v) is 4.68. The van der Waals surface area contributed by atoms with Crippen molar-refractivity contribution in [3.8, 4) is 11.8 Å². The van der Waals surface area contributed by atoms with Crippen LogP contribution in [0.1, 0.15) is 19.4 Å². The molecule has 1 aromatic rings. The highest BCUT2D eigenvalue weighted by Gasteiger charge is 2.16. The third kappa shape index (κ3) is 3.42. The zero-order valence-corrected chi connectivity index (χ0v) is 10.2. The van der Waals surface area contributed by atoms with Gasteiger partial charge in [0.15, 0.2) is 0 Å². The smallest absolute Gasteiger partial charge is 0.144 e. The van der Waals surface area contributed by atoms with Crippen LogP contribution in [0, 0.1) is 22.6 Å². The van der Waals surface area contributed by atoms with E-state index < -0.39 is 5.82 Å². The Hall–Kier alpha value is -1.21. The summed E-state index contributed by atoms with van der Waals surface area (Å²) in [5, 5.41) is 8.57. The molecule has 4 heteroatoms. The van der Waals surface area contributed by atoms with Gasteiger partial charge in [0.2, 0.25) is 0 Å². The zero-order valence-electron chi connectivity index (χ0n) is 9.33. The van der Waals surface area contributed by atoms with Crippen LogP contribution in [0.25, 0.3) is 0 Å². The molecular formula is C12H14FNOS. The number of benzene rings is 1. The minimum atomic E-state index is -0.552. The molecule has 0 unspecified atom stereocenters. The van der Waals surface area contributed by atoms with Gasteiger partial charge in [-0.15, -0.1) is 0 Å². The Morgan fingerprint density at radius 1 is 1.50 bits per heavy atom. The predicted molar refractivity (Wildman–Crippen MR) is 64.2 cm³/mol. The number of nitriles is 1. The first-order valence-electron chi connectivity index (χ1n) is 4.92. The monoisotopic (exact) mass is 239 g/mol. The van der Waals surface area contributed by atoms with Crippen LogP contribution in [0.3, 0.4) is 0 Å². The molecule has 0 aliphatic carbocycles. The summed E-state index contributed by atoms with van der Waals surface area (Å²) in [5.74, 6) is 0.571. The van der Waals surface area contributed by atoms with E-state index >= 15 is 0 Å². The summed E-state index contributed by atoms with van der Waals surface area (Å²) in [6, 6.07) is 6.00. The first-order chi connectivity index (χ1) is 7.48. The average molecular weight is 239 g/mol. The topological polar surface area (TPSA) is 33.0 Å². The summed E-state index contributed by atoms with van der Waals surface area (Å²) in [6.45, 7) is 4.49. The van der Waals surface area contributed by atoms with Gasteiger partial charge in [0, 0.05) is 11.5 Å². The van der Waals surface area contributed by atoms with Crippen molar-refractivity contribution >= 4 is 12.6 Å². The second kappa shape index (κ2) is 5.22. The molecule has 2 nitrogen and oxygen atoms in total. The molecule has 1 rings (SSSR count). The van der Waals surface area contributed by atoms with E-state index in [2.05, 4.69) is 12.6 Å². The number of ether oxygens (including phenoxy) is 1. The maximum absolute atomic E-state index is 13.2. The normalized spacial score (nSPS) is 10.9. The van der Waals surface area contributed by atoms with E-state index in [1.165, 1.54) is 12.1 Å². The fraction of sp³-hybridized carbons (Fsp3) is 0.417. The van der Waals surface area contributed by atoms with E-state index in [0.717, 1.165) is 0 Å². The molecule has 0 aromatic heterocycles. The highest BCUT2D eigenvalue weighted by Crippen LogP contribution is 2.21. The largest absolute Gasteiger partial charge is 0.493 e. The van der Waals surface area contributed by atoms with Crippen molar-refractivity contribution in [1.82, 2.24) is 0 Å². The minimum Gasteiger partial charge on any atom is -0.493 e. The van der Waals surface area contributed by atoms with E-state index in [1.54, 1.807) is 12.1 Å². The summed E-state index contributed by atoms with van der Waals surface area (Å²) in [6.07, 6.45) is 0. The molecule has 0 atom stereocenters. The van der Waals surface area contributed by atoms with Crippen molar-refractivity contribution in [3.63, 3.8) is 0 Å². The Labute approximate surface area is 100 Å². The van der Waals surface area contributed by atoms with Gasteiger partial charge in [0.05, 0.1) is 12.2 Å². The third-order valence-electron chi connectivity index (χ3n) is 2.12. The molecule has 0 fully saturated rings. The Morgan fingerprint density at radius 3 is 2.69 bits per heavy atom. The lowest BCUT2D eigenvalue weighted by Crippen LogP contribution is -2.23. The summed E-state index contributed by atoms with van der Waals surface area (Å²) in [5.41, 5.74) is -0.0335. The van der Waals surface area contributed by atoms with Crippen molar-refractivity contribution in [1.29, 1.82) is 5.26 Å². The molecule has 0 heterocycles. The first-order valence-corrected chi connectivity index (χ1v) is 5.55. The number of hydrogen-bond donors (Lipinski definition) is 1. The zero-order chi connectivity index (χ0) is 12.2. The van der Waals surface area contributed by atoms with Crippen LogP contribution in [-0.2, 0) is 0 Å². The van der Waals surface area contributed by atoms with Gasteiger partial charge in [-0.05, 0) is 17.9 Å². The fourth-order valence-corrected chi connectivity index (χ4v) is 1.09. The van der Waals surface area contributed by atoms with Gasteiger partial charge in [-0.25, -0.2) is 4.39 Å². The van der Waals surface area contributed by atoms with Crippen molar-refractivity contribution in [2.75, 3.05) is 12.4 Å². The van der Waals surface area contributed by atoms with E-state index in [9.17, 15) is 4.39 Å². The molecule has 0 radical (unpaired) electrons.